The molecule has 6 nitrogen and oxygen atoms in total. The quantitative estimate of drug-likeness (QED) is 0.792. The summed E-state index contributed by atoms with van der Waals surface area (Å²) in [5.41, 5.74) is 0. The fourth-order valence-electron chi connectivity index (χ4n) is 1.27. The molecule has 0 aliphatic heterocycles. The molecule has 0 amide bonds. The largest absolute Gasteiger partial charge is 0.480 e. The van der Waals surface area contributed by atoms with E-state index in [1.165, 1.54) is 7.11 Å². The summed E-state index contributed by atoms with van der Waals surface area (Å²) in [6.45, 7) is -0.326. The number of hydrogen-bond donors (Lipinski definition) is 2. The summed E-state index contributed by atoms with van der Waals surface area (Å²) < 4.78 is 43.4. The van der Waals surface area contributed by atoms with Crippen molar-refractivity contribution in [3.63, 3.8) is 0 Å². The first-order valence-corrected chi connectivity index (χ1v) is 7.24. The van der Waals surface area contributed by atoms with Crippen LogP contribution in [0.4, 0.5) is 4.39 Å². The molecule has 0 aromatic heterocycles. The minimum atomic E-state index is -4.10. The van der Waals surface area contributed by atoms with Crippen molar-refractivity contribution in [2.24, 2.45) is 0 Å². The lowest BCUT2D eigenvalue weighted by molar-refractivity contribution is -0.140. The highest BCUT2D eigenvalue weighted by Crippen LogP contribution is 2.22. The number of carboxylic acid groups (broad SMARTS) is 1. The zero-order chi connectivity index (χ0) is 14.6. The Hall–Kier alpha value is -1.03. The Labute approximate surface area is 117 Å². The number of nitrogens with one attached hydrogen (secondary N) is 1. The summed E-state index contributed by atoms with van der Waals surface area (Å²) in [4.78, 5) is 10.6. The van der Waals surface area contributed by atoms with Gasteiger partial charge in [-0.3, -0.25) is 4.79 Å². The maximum Gasteiger partial charge on any atom is 0.324 e. The van der Waals surface area contributed by atoms with E-state index >= 15 is 0 Å². The first-order chi connectivity index (χ1) is 8.77. The van der Waals surface area contributed by atoms with Gasteiger partial charge in [0.05, 0.1) is 11.5 Å². The second kappa shape index (κ2) is 6.42. The molecule has 2 N–H and O–H groups in total. The van der Waals surface area contributed by atoms with E-state index in [2.05, 4.69) is 20.7 Å². The highest BCUT2D eigenvalue weighted by Gasteiger charge is 2.26. The van der Waals surface area contributed by atoms with Crippen LogP contribution in [-0.2, 0) is 19.6 Å². The van der Waals surface area contributed by atoms with E-state index in [4.69, 9.17) is 5.11 Å². The molecule has 0 fully saturated rings. The highest BCUT2D eigenvalue weighted by atomic mass is 79.9. The summed E-state index contributed by atoms with van der Waals surface area (Å²) in [6, 6.07) is 1.55. The fourth-order valence-corrected chi connectivity index (χ4v) is 3.49. The number of carbonyl (C=O) groups is 1. The van der Waals surface area contributed by atoms with Crippen LogP contribution in [0.15, 0.2) is 27.6 Å². The van der Waals surface area contributed by atoms with E-state index in [0.29, 0.717) is 0 Å². The average molecular weight is 356 g/mol. The third kappa shape index (κ3) is 4.23. The number of ether oxygens (including phenoxy) is 1. The Balaban J connectivity index is 3.06. The molecule has 19 heavy (non-hydrogen) atoms. The molecule has 0 saturated heterocycles. The minimum absolute atomic E-state index is 0.00144. The van der Waals surface area contributed by atoms with Gasteiger partial charge in [0.15, 0.2) is 0 Å². The monoisotopic (exact) mass is 355 g/mol. The molecular weight excluding hydrogens is 345 g/mol. The van der Waals surface area contributed by atoms with Crippen molar-refractivity contribution in [2.45, 2.75) is 10.9 Å². The molecular formula is C10H11BrFNO5S. The van der Waals surface area contributed by atoms with Crippen molar-refractivity contribution < 1.29 is 27.4 Å². The maximum absolute atomic E-state index is 12.9. The molecule has 1 aromatic rings. The average Bonchev–Trinajstić information content (AvgIpc) is 2.27. The van der Waals surface area contributed by atoms with Crippen molar-refractivity contribution in [2.75, 3.05) is 13.7 Å². The SMILES string of the molecule is COCC(NS(=O)(=O)c1ccc(F)cc1Br)C(=O)O. The topological polar surface area (TPSA) is 92.7 Å². The molecule has 0 aliphatic rings. The lowest BCUT2D eigenvalue weighted by Crippen LogP contribution is -2.43. The van der Waals surface area contributed by atoms with Gasteiger partial charge in [-0.25, -0.2) is 12.8 Å². The second-order valence-electron chi connectivity index (χ2n) is 3.54. The van der Waals surface area contributed by atoms with E-state index in [0.717, 1.165) is 18.2 Å². The highest BCUT2D eigenvalue weighted by molar-refractivity contribution is 9.10. The summed E-state index contributed by atoms with van der Waals surface area (Å²) in [5.74, 6) is -1.99. The molecule has 1 aromatic carbocycles. The van der Waals surface area contributed by atoms with Crippen LogP contribution >= 0.6 is 15.9 Å². The molecule has 0 saturated carbocycles. The number of methoxy groups -OCH3 is 1. The summed E-state index contributed by atoms with van der Waals surface area (Å²) in [6.07, 6.45) is 0. The number of aliphatic carboxylic acids is 1. The van der Waals surface area contributed by atoms with Crippen molar-refractivity contribution in [1.82, 2.24) is 4.72 Å². The Morgan fingerprint density at radius 2 is 2.21 bits per heavy atom. The number of halogens is 2. The molecule has 1 unspecified atom stereocenters. The first kappa shape index (κ1) is 16.0. The van der Waals surface area contributed by atoms with Crippen LogP contribution in [0.25, 0.3) is 0 Å². The maximum atomic E-state index is 12.9. The third-order valence-electron chi connectivity index (χ3n) is 2.11. The second-order valence-corrected chi connectivity index (χ2v) is 6.08. The van der Waals surface area contributed by atoms with E-state index in [1.54, 1.807) is 0 Å². The van der Waals surface area contributed by atoms with Crippen molar-refractivity contribution in [3.05, 3.63) is 28.5 Å². The van der Waals surface area contributed by atoms with E-state index < -0.39 is 27.9 Å². The van der Waals surface area contributed by atoms with Gasteiger partial charge in [-0.05, 0) is 34.1 Å². The molecule has 1 rings (SSSR count). The Bertz CT molecular complexity index is 577. The molecule has 0 spiro atoms. The molecule has 0 bridgehead atoms. The number of rotatable bonds is 6. The number of sulfonamides is 1. The smallest absolute Gasteiger partial charge is 0.324 e. The lowest BCUT2D eigenvalue weighted by atomic mass is 10.3. The molecule has 106 valence electrons. The van der Waals surface area contributed by atoms with Gasteiger partial charge in [-0.2, -0.15) is 4.72 Å². The van der Waals surface area contributed by atoms with Gasteiger partial charge in [-0.1, -0.05) is 0 Å². The van der Waals surface area contributed by atoms with Crippen LogP contribution in [0.5, 0.6) is 0 Å². The Morgan fingerprint density at radius 1 is 1.58 bits per heavy atom. The Kier molecular flexibility index (Phi) is 5.41. The van der Waals surface area contributed by atoms with Crippen molar-refractivity contribution in [3.8, 4) is 0 Å². The molecule has 9 heteroatoms. The van der Waals surface area contributed by atoms with Crippen LogP contribution in [0.1, 0.15) is 0 Å². The predicted octanol–water partition coefficient (Wildman–Crippen LogP) is 0.966. The Morgan fingerprint density at radius 3 is 2.68 bits per heavy atom. The standard InChI is InChI=1S/C10H11BrFNO5S/c1-18-5-8(10(14)15)13-19(16,17)9-3-2-6(12)4-7(9)11/h2-4,8,13H,5H2,1H3,(H,14,15). The number of carboxylic acids is 1. The predicted molar refractivity (Wildman–Crippen MR) is 67.7 cm³/mol. The summed E-state index contributed by atoms with van der Waals surface area (Å²) >= 11 is 2.91. The van der Waals surface area contributed by atoms with Gasteiger partial charge < -0.3 is 9.84 Å². The lowest BCUT2D eigenvalue weighted by Gasteiger charge is -2.14. The van der Waals surface area contributed by atoms with Gasteiger partial charge >= 0.3 is 5.97 Å². The van der Waals surface area contributed by atoms with Crippen LogP contribution < -0.4 is 4.72 Å². The van der Waals surface area contributed by atoms with E-state index in [-0.39, 0.29) is 16.0 Å². The molecule has 1 atom stereocenters. The van der Waals surface area contributed by atoms with E-state index in [1.807, 2.05) is 4.72 Å². The van der Waals surface area contributed by atoms with Crippen molar-refractivity contribution in [1.29, 1.82) is 0 Å². The van der Waals surface area contributed by atoms with Crippen LogP contribution in [0, 0.1) is 5.82 Å². The van der Waals surface area contributed by atoms with Crippen molar-refractivity contribution >= 4 is 31.9 Å². The first-order valence-electron chi connectivity index (χ1n) is 4.97. The zero-order valence-corrected chi connectivity index (χ0v) is 12.2. The summed E-state index contributed by atoms with van der Waals surface area (Å²) in [7, 11) is -2.85. The molecule has 0 aliphatic carbocycles. The zero-order valence-electron chi connectivity index (χ0n) is 9.76. The number of hydrogen-bond acceptors (Lipinski definition) is 4. The fraction of sp³-hybridized carbons (Fsp3) is 0.300. The van der Waals surface area contributed by atoms with Gasteiger partial charge in [-0.15, -0.1) is 0 Å². The minimum Gasteiger partial charge on any atom is -0.480 e. The third-order valence-corrected chi connectivity index (χ3v) is 4.56. The van der Waals surface area contributed by atoms with Gasteiger partial charge in [0.1, 0.15) is 11.9 Å². The number of benzene rings is 1. The van der Waals surface area contributed by atoms with Gasteiger partial charge in [0.2, 0.25) is 10.0 Å². The van der Waals surface area contributed by atoms with Gasteiger partial charge in [0.25, 0.3) is 0 Å². The normalized spacial score (nSPS) is 13.2. The van der Waals surface area contributed by atoms with Crippen LogP contribution in [-0.4, -0.2) is 39.3 Å². The van der Waals surface area contributed by atoms with Crippen LogP contribution in [0.2, 0.25) is 0 Å². The molecule has 0 radical (unpaired) electrons. The van der Waals surface area contributed by atoms with Gasteiger partial charge in [0, 0.05) is 11.6 Å². The summed E-state index contributed by atoms with van der Waals surface area (Å²) in [5, 5.41) is 8.85. The van der Waals surface area contributed by atoms with E-state index in [9.17, 15) is 17.6 Å². The molecule has 0 heterocycles. The van der Waals surface area contributed by atoms with Crippen LogP contribution in [0.3, 0.4) is 0 Å².